The summed E-state index contributed by atoms with van der Waals surface area (Å²) in [5, 5.41) is 3.28. The van der Waals surface area contributed by atoms with Gasteiger partial charge in [0.2, 0.25) is 0 Å². The summed E-state index contributed by atoms with van der Waals surface area (Å²) in [7, 11) is 0. The van der Waals surface area contributed by atoms with Crippen LogP contribution in [0.25, 0.3) is 0 Å². The molecular formula is C10H23NO2. The van der Waals surface area contributed by atoms with Crippen LogP contribution < -0.4 is 5.32 Å². The van der Waals surface area contributed by atoms with Gasteiger partial charge in [0.25, 0.3) is 0 Å². The smallest absolute Gasteiger partial charge is 0.0701 e. The average molecular weight is 189 g/mol. The van der Waals surface area contributed by atoms with E-state index in [4.69, 9.17) is 9.47 Å². The van der Waals surface area contributed by atoms with Gasteiger partial charge in [0, 0.05) is 19.2 Å². The molecule has 3 nitrogen and oxygen atoms in total. The number of nitrogens with one attached hydrogen (secondary N) is 1. The molecule has 0 fully saturated rings. The quantitative estimate of drug-likeness (QED) is 0.557. The van der Waals surface area contributed by atoms with Crippen molar-refractivity contribution in [2.24, 2.45) is 0 Å². The molecular weight excluding hydrogens is 166 g/mol. The molecule has 0 spiro atoms. The highest BCUT2D eigenvalue weighted by Crippen LogP contribution is 1.82. The molecule has 0 bridgehead atoms. The van der Waals surface area contributed by atoms with E-state index in [2.05, 4.69) is 26.1 Å². The Kier molecular flexibility index (Phi) is 9.87. The van der Waals surface area contributed by atoms with Crippen LogP contribution in [0.15, 0.2) is 0 Å². The van der Waals surface area contributed by atoms with Crippen molar-refractivity contribution in [3.05, 3.63) is 0 Å². The van der Waals surface area contributed by atoms with Gasteiger partial charge in [-0.25, -0.2) is 0 Å². The first-order valence-electron chi connectivity index (χ1n) is 5.16. The molecule has 0 unspecified atom stereocenters. The van der Waals surface area contributed by atoms with Gasteiger partial charge in [-0.15, -0.1) is 0 Å². The average Bonchev–Trinajstić information content (AvgIpc) is 2.09. The van der Waals surface area contributed by atoms with Gasteiger partial charge in [-0.3, -0.25) is 0 Å². The highest BCUT2D eigenvalue weighted by molar-refractivity contribution is 4.50. The topological polar surface area (TPSA) is 30.5 Å². The Balaban J connectivity index is 2.84. The molecule has 13 heavy (non-hydrogen) atoms. The fourth-order valence-electron chi connectivity index (χ4n) is 0.886. The first-order chi connectivity index (χ1) is 6.27. The van der Waals surface area contributed by atoms with E-state index in [1.807, 2.05) is 0 Å². The molecule has 0 radical (unpaired) electrons. The largest absolute Gasteiger partial charge is 0.379 e. The second kappa shape index (κ2) is 9.96. The lowest BCUT2D eigenvalue weighted by molar-refractivity contribution is 0.0487. The normalized spacial score (nSPS) is 11.1. The molecule has 0 saturated heterocycles. The Hall–Kier alpha value is -0.120. The minimum atomic E-state index is 0.542. The molecule has 3 heteroatoms. The molecule has 0 saturated carbocycles. The van der Waals surface area contributed by atoms with E-state index in [0.717, 1.165) is 32.8 Å². The molecule has 0 atom stereocenters. The lowest BCUT2D eigenvalue weighted by Gasteiger charge is -2.08. The highest BCUT2D eigenvalue weighted by Gasteiger charge is 1.91. The van der Waals surface area contributed by atoms with E-state index < -0.39 is 0 Å². The lowest BCUT2D eigenvalue weighted by atomic mass is 10.4. The summed E-state index contributed by atoms with van der Waals surface area (Å²) in [6.45, 7) is 10.3. The zero-order valence-corrected chi connectivity index (χ0v) is 9.14. The molecule has 80 valence electrons. The van der Waals surface area contributed by atoms with Crippen molar-refractivity contribution >= 4 is 0 Å². The van der Waals surface area contributed by atoms with Crippen LogP contribution >= 0.6 is 0 Å². The zero-order valence-electron chi connectivity index (χ0n) is 9.14. The summed E-state index contributed by atoms with van der Waals surface area (Å²) in [5.74, 6) is 0. The van der Waals surface area contributed by atoms with Crippen molar-refractivity contribution in [1.29, 1.82) is 0 Å². The minimum Gasteiger partial charge on any atom is -0.379 e. The van der Waals surface area contributed by atoms with Gasteiger partial charge in [-0.2, -0.15) is 0 Å². The van der Waals surface area contributed by atoms with Crippen LogP contribution in [0.5, 0.6) is 0 Å². The van der Waals surface area contributed by atoms with Crippen molar-refractivity contribution in [2.45, 2.75) is 33.2 Å². The van der Waals surface area contributed by atoms with Crippen LogP contribution in [0.2, 0.25) is 0 Å². The molecule has 0 aliphatic heterocycles. The maximum Gasteiger partial charge on any atom is 0.0701 e. The van der Waals surface area contributed by atoms with Gasteiger partial charge in [0.1, 0.15) is 0 Å². The second-order valence-electron chi connectivity index (χ2n) is 3.33. The third-order valence-corrected chi connectivity index (χ3v) is 1.52. The van der Waals surface area contributed by atoms with E-state index in [0.29, 0.717) is 12.6 Å². The lowest BCUT2D eigenvalue weighted by Crippen LogP contribution is -2.27. The number of rotatable bonds is 9. The number of hydrogen-bond acceptors (Lipinski definition) is 3. The van der Waals surface area contributed by atoms with E-state index in [-0.39, 0.29) is 0 Å². The summed E-state index contributed by atoms with van der Waals surface area (Å²) in [6, 6.07) is 0.542. The third kappa shape index (κ3) is 11.9. The molecule has 0 rings (SSSR count). The Labute approximate surface area is 81.8 Å². The van der Waals surface area contributed by atoms with Crippen molar-refractivity contribution in [1.82, 2.24) is 5.32 Å². The molecule has 0 aliphatic rings. The first kappa shape index (κ1) is 12.9. The number of ether oxygens (including phenoxy) is 2. The van der Waals surface area contributed by atoms with Crippen LogP contribution in [0.1, 0.15) is 27.2 Å². The van der Waals surface area contributed by atoms with Crippen molar-refractivity contribution in [3.8, 4) is 0 Å². The summed E-state index contributed by atoms with van der Waals surface area (Å²) < 4.78 is 10.6. The van der Waals surface area contributed by atoms with Gasteiger partial charge in [0.15, 0.2) is 0 Å². The van der Waals surface area contributed by atoms with Crippen LogP contribution in [0.3, 0.4) is 0 Å². The summed E-state index contributed by atoms with van der Waals surface area (Å²) in [5.41, 5.74) is 0. The van der Waals surface area contributed by atoms with Gasteiger partial charge in [0.05, 0.1) is 19.8 Å². The van der Waals surface area contributed by atoms with Crippen molar-refractivity contribution < 1.29 is 9.47 Å². The first-order valence-corrected chi connectivity index (χ1v) is 5.16. The van der Waals surface area contributed by atoms with Gasteiger partial charge < -0.3 is 14.8 Å². The maximum atomic E-state index is 5.34. The van der Waals surface area contributed by atoms with Gasteiger partial charge in [-0.1, -0.05) is 20.8 Å². The number of hydrogen-bond donors (Lipinski definition) is 1. The van der Waals surface area contributed by atoms with Crippen molar-refractivity contribution in [3.63, 3.8) is 0 Å². The van der Waals surface area contributed by atoms with Crippen LogP contribution in [0, 0.1) is 0 Å². The predicted molar refractivity (Wildman–Crippen MR) is 55.1 cm³/mol. The van der Waals surface area contributed by atoms with E-state index in [1.165, 1.54) is 0 Å². The predicted octanol–water partition coefficient (Wildman–Crippen LogP) is 1.43. The van der Waals surface area contributed by atoms with E-state index in [1.54, 1.807) is 0 Å². The molecule has 0 aromatic rings. The standard InChI is InChI=1S/C10H23NO2/c1-4-6-12-8-9-13-7-5-11-10(2)3/h10-11H,4-9H2,1-3H3. The van der Waals surface area contributed by atoms with E-state index in [9.17, 15) is 0 Å². The second-order valence-corrected chi connectivity index (χ2v) is 3.33. The third-order valence-electron chi connectivity index (χ3n) is 1.52. The summed E-state index contributed by atoms with van der Waals surface area (Å²) in [6.07, 6.45) is 1.08. The monoisotopic (exact) mass is 189 g/mol. The van der Waals surface area contributed by atoms with Crippen LogP contribution in [0.4, 0.5) is 0 Å². The molecule has 0 heterocycles. The van der Waals surface area contributed by atoms with Gasteiger partial charge in [-0.05, 0) is 6.42 Å². The van der Waals surface area contributed by atoms with Crippen LogP contribution in [-0.4, -0.2) is 39.0 Å². The van der Waals surface area contributed by atoms with E-state index >= 15 is 0 Å². The van der Waals surface area contributed by atoms with Gasteiger partial charge >= 0.3 is 0 Å². The SMILES string of the molecule is CCCOCCOCCNC(C)C. The van der Waals surface area contributed by atoms with Crippen LogP contribution in [-0.2, 0) is 9.47 Å². The molecule has 1 N–H and O–H groups in total. The highest BCUT2D eigenvalue weighted by atomic mass is 16.5. The summed E-state index contributed by atoms with van der Waals surface area (Å²) in [4.78, 5) is 0. The zero-order chi connectivity index (χ0) is 9.94. The fourth-order valence-corrected chi connectivity index (χ4v) is 0.886. The molecule has 0 amide bonds. The fraction of sp³-hybridized carbons (Fsp3) is 1.00. The molecule has 0 aromatic heterocycles. The molecule has 0 aromatic carbocycles. The Morgan fingerprint density at radius 3 is 2.15 bits per heavy atom. The minimum absolute atomic E-state index is 0.542. The Morgan fingerprint density at radius 1 is 1.00 bits per heavy atom. The summed E-state index contributed by atoms with van der Waals surface area (Å²) >= 11 is 0. The Bertz CT molecular complexity index is 96.9. The maximum absolute atomic E-state index is 5.34. The molecule has 0 aliphatic carbocycles. The van der Waals surface area contributed by atoms with Crippen molar-refractivity contribution in [2.75, 3.05) is 33.0 Å². The Morgan fingerprint density at radius 2 is 1.62 bits per heavy atom.